The molecule has 0 spiro atoms. The van der Waals surface area contributed by atoms with Crippen molar-refractivity contribution in [1.82, 2.24) is 4.57 Å². The Kier molecular flexibility index (Phi) is 4.54. The molecule has 0 saturated heterocycles. The third-order valence-electron chi connectivity index (χ3n) is 4.79. The zero-order valence-corrected chi connectivity index (χ0v) is 15.0. The van der Waals surface area contributed by atoms with Crippen molar-refractivity contribution in [2.24, 2.45) is 0 Å². The molecule has 1 N–H and O–H groups in total. The monoisotopic (exact) mass is 382 g/mol. The highest BCUT2D eigenvalue weighted by Crippen LogP contribution is 2.33. The number of halogens is 2. The van der Waals surface area contributed by atoms with Crippen molar-refractivity contribution in [2.75, 3.05) is 5.32 Å². The summed E-state index contributed by atoms with van der Waals surface area (Å²) in [6.07, 6.45) is 0.593. The predicted octanol–water partition coefficient (Wildman–Crippen LogP) is 4.64. The summed E-state index contributed by atoms with van der Waals surface area (Å²) in [6.45, 7) is 0.589. The van der Waals surface area contributed by atoms with Crippen molar-refractivity contribution in [1.29, 1.82) is 0 Å². The van der Waals surface area contributed by atoms with E-state index in [0.29, 0.717) is 29.9 Å². The molecule has 0 aliphatic carbocycles. The third-order valence-corrected chi connectivity index (χ3v) is 5.10. The molecule has 0 saturated carbocycles. The predicted molar refractivity (Wildman–Crippen MR) is 102 cm³/mol. The summed E-state index contributed by atoms with van der Waals surface area (Å²) in [5.74, 6) is -1.14. The minimum atomic E-state index is -0.461. The van der Waals surface area contributed by atoms with Crippen LogP contribution in [0.15, 0.2) is 60.7 Å². The topological polar surface area (TPSA) is 51.1 Å². The Morgan fingerprint density at radius 3 is 2.59 bits per heavy atom. The van der Waals surface area contributed by atoms with Crippen LogP contribution in [-0.2, 0) is 11.3 Å². The van der Waals surface area contributed by atoms with Gasteiger partial charge in [-0.25, -0.2) is 4.39 Å². The van der Waals surface area contributed by atoms with E-state index in [1.165, 1.54) is 12.1 Å². The molecule has 4 nitrogen and oxygen atoms in total. The second-order valence-electron chi connectivity index (χ2n) is 6.44. The maximum Gasteiger partial charge on any atom is 0.233 e. The Labute approximate surface area is 160 Å². The smallest absolute Gasteiger partial charge is 0.233 e. The van der Waals surface area contributed by atoms with E-state index in [1.54, 1.807) is 18.2 Å². The molecule has 0 radical (unpaired) electrons. The zero-order chi connectivity index (χ0) is 19.0. The van der Waals surface area contributed by atoms with Gasteiger partial charge in [0.05, 0.1) is 22.3 Å². The van der Waals surface area contributed by atoms with E-state index in [-0.39, 0.29) is 22.6 Å². The molecule has 3 aromatic rings. The fourth-order valence-corrected chi connectivity index (χ4v) is 3.67. The normalized spacial score (nSPS) is 15.4. The number of nitrogens with zero attached hydrogens (tertiary/aromatic N) is 1. The van der Waals surface area contributed by atoms with Gasteiger partial charge < -0.3 is 9.88 Å². The number of ketones is 1. The van der Waals surface area contributed by atoms with E-state index in [1.807, 2.05) is 28.8 Å². The number of nitrogens with one attached hydrogen (secondary N) is 1. The molecular weight excluding hydrogens is 367 g/mol. The Hall–Kier alpha value is -2.92. The molecule has 0 fully saturated rings. The lowest BCUT2D eigenvalue weighted by molar-refractivity contribution is -0.117. The van der Waals surface area contributed by atoms with Gasteiger partial charge in [-0.05, 0) is 36.8 Å². The number of fused-ring (bicyclic) bond motifs is 1. The minimum Gasteiger partial charge on any atom is -0.341 e. The molecule has 1 aromatic heterocycles. The zero-order valence-electron chi connectivity index (χ0n) is 14.3. The largest absolute Gasteiger partial charge is 0.341 e. The van der Waals surface area contributed by atoms with Gasteiger partial charge in [0.25, 0.3) is 0 Å². The maximum atomic E-state index is 13.2. The maximum absolute atomic E-state index is 13.2. The van der Waals surface area contributed by atoms with Crippen molar-refractivity contribution in [3.63, 3.8) is 0 Å². The van der Waals surface area contributed by atoms with Crippen molar-refractivity contribution in [2.45, 2.75) is 18.9 Å². The van der Waals surface area contributed by atoms with Gasteiger partial charge in [0.2, 0.25) is 11.7 Å². The highest BCUT2D eigenvalue weighted by Gasteiger charge is 2.32. The fourth-order valence-electron chi connectivity index (χ4n) is 3.46. The number of benzene rings is 2. The summed E-state index contributed by atoms with van der Waals surface area (Å²) >= 11 is 5.99. The first-order valence-corrected chi connectivity index (χ1v) is 8.97. The van der Waals surface area contributed by atoms with Gasteiger partial charge in [-0.2, -0.15) is 0 Å². The molecule has 1 amide bonds. The number of amides is 1. The van der Waals surface area contributed by atoms with Crippen LogP contribution in [0.2, 0.25) is 5.02 Å². The number of anilines is 1. The second-order valence-corrected chi connectivity index (χ2v) is 6.85. The lowest BCUT2D eigenvalue weighted by atomic mass is 10.0. The molecule has 0 bridgehead atoms. The van der Waals surface area contributed by atoms with Gasteiger partial charge >= 0.3 is 0 Å². The summed E-state index contributed by atoms with van der Waals surface area (Å²) < 4.78 is 15.1. The van der Waals surface area contributed by atoms with Crippen LogP contribution in [-0.4, -0.2) is 16.3 Å². The number of carbonyl (C=O) groups is 2. The quantitative estimate of drug-likeness (QED) is 0.668. The summed E-state index contributed by atoms with van der Waals surface area (Å²) in [5, 5.41) is 2.90. The van der Waals surface area contributed by atoms with Crippen LogP contribution in [0, 0.1) is 5.82 Å². The lowest BCUT2D eigenvalue weighted by Crippen LogP contribution is -2.19. The van der Waals surface area contributed by atoms with E-state index in [9.17, 15) is 14.0 Å². The molecule has 1 aliphatic rings. The van der Waals surface area contributed by atoms with Crippen LogP contribution in [0.25, 0.3) is 0 Å². The average molecular weight is 383 g/mol. The molecule has 4 rings (SSSR count). The van der Waals surface area contributed by atoms with Crippen molar-refractivity contribution in [3.8, 4) is 0 Å². The molecular formula is C21H16ClFN2O2. The second kappa shape index (κ2) is 7.00. The van der Waals surface area contributed by atoms with Gasteiger partial charge in [0.15, 0.2) is 0 Å². The Morgan fingerprint density at radius 2 is 1.85 bits per heavy atom. The van der Waals surface area contributed by atoms with Crippen molar-refractivity contribution >= 4 is 29.0 Å². The summed E-state index contributed by atoms with van der Waals surface area (Å²) in [5.41, 5.74) is 2.36. The van der Waals surface area contributed by atoms with E-state index >= 15 is 0 Å². The average Bonchev–Trinajstić information content (AvgIpc) is 3.26. The van der Waals surface area contributed by atoms with Crippen molar-refractivity contribution < 1.29 is 14.0 Å². The van der Waals surface area contributed by atoms with E-state index < -0.39 is 5.82 Å². The van der Waals surface area contributed by atoms with Gasteiger partial charge in [-0.1, -0.05) is 41.9 Å². The third kappa shape index (κ3) is 3.26. The number of rotatable bonds is 4. The number of aromatic nitrogens is 1. The molecule has 136 valence electrons. The molecule has 1 unspecified atom stereocenters. The van der Waals surface area contributed by atoms with Gasteiger partial charge in [-0.3, -0.25) is 9.59 Å². The van der Waals surface area contributed by atoms with Crippen LogP contribution < -0.4 is 5.32 Å². The first-order valence-electron chi connectivity index (χ1n) is 8.59. The van der Waals surface area contributed by atoms with Crippen LogP contribution in [0.1, 0.15) is 34.1 Å². The van der Waals surface area contributed by atoms with Gasteiger partial charge in [0, 0.05) is 17.8 Å². The van der Waals surface area contributed by atoms with Crippen LogP contribution >= 0.6 is 11.6 Å². The minimum absolute atomic E-state index is 0.0653. The van der Waals surface area contributed by atoms with Crippen molar-refractivity contribution in [3.05, 3.63) is 88.5 Å². The van der Waals surface area contributed by atoms with Gasteiger partial charge in [-0.15, -0.1) is 0 Å². The standard InChI is InChI=1S/C21H16ClFN2O2/c22-16-12-14(23)6-7-17(16)24-21(27)15-10-11-25-18(15)8-9-19(25)20(26)13-4-2-1-3-5-13/h1-9,12,15H,10-11H2,(H,24,27). The molecule has 2 heterocycles. The Balaban J connectivity index is 1.57. The molecule has 1 atom stereocenters. The lowest BCUT2D eigenvalue weighted by Gasteiger charge is -2.12. The Morgan fingerprint density at radius 1 is 1.07 bits per heavy atom. The van der Waals surface area contributed by atoms with Crippen LogP contribution in [0.3, 0.4) is 0 Å². The highest BCUT2D eigenvalue weighted by atomic mass is 35.5. The molecule has 1 aliphatic heterocycles. The Bertz CT molecular complexity index is 1030. The van der Waals surface area contributed by atoms with E-state index in [2.05, 4.69) is 5.32 Å². The SMILES string of the molecule is O=C(c1ccccc1)c1ccc2n1CCC2C(=O)Nc1ccc(F)cc1Cl. The van der Waals surface area contributed by atoms with Crippen LogP contribution in [0.4, 0.5) is 10.1 Å². The molecule has 27 heavy (non-hydrogen) atoms. The highest BCUT2D eigenvalue weighted by molar-refractivity contribution is 6.33. The summed E-state index contributed by atoms with van der Waals surface area (Å²) in [4.78, 5) is 25.4. The first kappa shape index (κ1) is 17.5. The van der Waals surface area contributed by atoms with Crippen LogP contribution in [0.5, 0.6) is 0 Å². The number of hydrogen-bond donors (Lipinski definition) is 1. The van der Waals surface area contributed by atoms with Gasteiger partial charge in [0.1, 0.15) is 5.82 Å². The number of hydrogen-bond acceptors (Lipinski definition) is 2. The summed E-state index contributed by atoms with van der Waals surface area (Å²) in [6, 6.07) is 16.5. The van der Waals surface area contributed by atoms with E-state index in [0.717, 1.165) is 11.8 Å². The molecule has 2 aromatic carbocycles. The first-order chi connectivity index (χ1) is 13.0. The fraction of sp³-hybridized carbons (Fsp3) is 0.143. The number of carbonyl (C=O) groups excluding carboxylic acids is 2. The summed E-state index contributed by atoms with van der Waals surface area (Å²) in [7, 11) is 0. The molecule has 6 heteroatoms. The van der Waals surface area contributed by atoms with E-state index in [4.69, 9.17) is 11.6 Å².